The standard InChI is InChI=1S/C12H14N2O2/c1-3-14(7-6-13)12(16)10-5-4-9(2)11(15)8-10/h4-5,8,15H,3,7H2,1-2H3. The van der Waals surface area contributed by atoms with Gasteiger partial charge in [0.05, 0.1) is 6.07 Å². The van der Waals surface area contributed by atoms with Crippen LogP contribution in [0.3, 0.4) is 0 Å². The molecule has 4 heteroatoms. The molecule has 0 saturated heterocycles. The predicted octanol–water partition coefficient (Wildman–Crippen LogP) is 1.69. The van der Waals surface area contributed by atoms with Crippen LogP contribution in [0.25, 0.3) is 0 Å². The monoisotopic (exact) mass is 218 g/mol. The second kappa shape index (κ2) is 5.17. The Bertz CT molecular complexity index is 435. The van der Waals surface area contributed by atoms with Gasteiger partial charge >= 0.3 is 0 Å². The van der Waals surface area contributed by atoms with Gasteiger partial charge < -0.3 is 10.0 Å². The molecular weight excluding hydrogens is 204 g/mol. The van der Waals surface area contributed by atoms with Gasteiger partial charge in [0.15, 0.2) is 0 Å². The number of phenolic OH excluding ortho intramolecular Hbond substituents is 1. The van der Waals surface area contributed by atoms with Crippen molar-refractivity contribution in [3.8, 4) is 11.8 Å². The zero-order valence-corrected chi connectivity index (χ0v) is 9.40. The molecule has 84 valence electrons. The molecule has 0 unspecified atom stereocenters. The van der Waals surface area contributed by atoms with E-state index in [1.54, 1.807) is 19.1 Å². The topological polar surface area (TPSA) is 64.3 Å². The Labute approximate surface area is 94.7 Å². The van der Waals surface area contributed by atoms with Crippen LogP contribution in [0.2, 0.25) is 0 Å². The first-order valence-electron chi connectivity index (χ1n) is 5.06. The summed E-state index contributed by atoms with van der Waals surface area (Å²) in [6, 6.07) is 6.70. The minimum Gasteiger partial charge on any atom is -0.508 e. The van der Waals surface area contributed by atoms with Crippen LogP contribution in [0, 0.1) is 18.3 Å². The number of phenols is 1. The molecule has 16 heavy (non-hydrogen) atoms. The predicted molar refractivity (Wildman–Crippen MR) is 60.0 cm³/mol. The normalized spacial score (nSPS) is 9.56. The number of nitrogens with zero attached hydrogens (tertiary/aromatic N) is 2. The van der Waals surface area contributed by atoms with Gasteiger partial charge in [-0.25, -0.2) is 0 Å². The van der Waals surface area contributed by atoms with Crippen molar-refractivity contribution in [2.24, 2.45) is 0 Å². The van der Waals surface area contributed by atoms with Gasteiger partial charge in [0, 0.05) is 12.1 Å². The second-order valence-electron chi connectivity index (χ2n) is 3.48. The molecule has 0 atom stereocenters. The maximum atomic E-state index is 11.9. The first kappa shape index (κ1) is 12.1. The molecule has 1 rings (SSSR count). The molecular formula is C12H14N2O2. The van der Waals surface area contributed by atoms with E-state index in [4.69, 9.17) is 5.26 Å². The third-order valence-corrected chi connectivity index (χ3v) is 2.39. The van der Waals surface area contributed by atoms with Crippen molar-refractivity contribution in [3.63, 3.8) is 0 Å². The van der Waals surface area contributed by atoms with Crippen LogP contribution in [0.15, 0.2) is 18.2 Å². The zero-order valence-electron chi connectivity index (χ0n) is 9.40. The Hall–Kier alpha value is -2.02. The van der Waals surface area contributed by atoms with Gasteiger partial charge in [-0.3, -0.25) is 4.79 Å². The highest BCUT2D eigenvalue weighted by Gasteiger charge is 2.14. The van der Waals surface area contributed by atoms with E-state index in [0.717, 1.165) is 5.56 Å². The molecule has 0 heterocycles. The third-order valence-electron chi connectivity index (χ3n) is 2.39. The number of carbonyl (C=O) groups excluding carboxylic acids is 1. The molecule has 1 aromatic rings. The van der Waals surface area contributed by atoms with Crippen molar-refractivity contribution >= 4 is 5.91 Å². The van der Waals surface area contributed by atoms with Gasteiger partial charge in [-0.15, -0.1) is 0 Å². The summed E-state index contributed by atoms with van der Waals surface area (Å²) in [5.74, 6) is -0.141. The summed E-state index contributed by atoms with van der Waals surface area (Å²) >= 11 is 0. The molecule has 0 spiro atoms. The van der Waals surface area contributed by atoms with Crippen molar-refractivity contribution in [1.29, 1.82) is 5.26 Å². The highest BCUT2D eigenvalue weighted by atomic mass is 16.3. The van der Waals surface area contributed by atoms with E-state index in [1.807, 2.05) is 13.0 Å². The lowest BCUT2D eigenvalue weighted by molar-refractivity contribution is 0.0784. The van der Waals surface area contributed by atoms with Crippen LogP contribution in [-0.4, -0.2) is 29.0 Å². The third kappa shape index (κ3) is 2.51. The van der Waals surface area contributed by atoms with E-state index in [2.05, 4.69) is 0 Å². The maximum absolute atomic E-state index is 11.9. The van der Waals surface area contributed by atoms with E-state index < -0.39 is 0 Å². The molecule has 0 fully saturated rings. The fourth-order valence-corrected chi connectivity index (χ4v) is 1.34. The Morgan fingerprint density at radius 3 is 2.75 bits per heavy atom. The van der Waals surface area contributed by atoms with Gasteiger partial charge in [0.1, 0.15) is 12.3 Å². The van der Waals surface area contributed by atoms with Crippen LogP contribution >= 0.6 is 0 Å². The molecule has 0 aromatic heterocycles. The molecule has 0 aliphatic carbocycles. The van der Waals surface area contributed by atoms with Crippen LogP contribution in [0.1, 0.15) is 22.8 Å². The quantitative estimate of drug-likeness (QED) is 0.785. The van der Waals surface area contributed by atoms with Gasteiger partial charge in [-0.1, -0.05) is 6.07 Å². The fourth-order valence-electron chi connectivity index (χ4n) is 1.34. The first-order valence-corrected chi connectivity index (χ1v) is 5.06. The maximum Gasteiger partial charge on any atom is 0.254 e. The molecule has 1 aromatic carbocycles. The number of benzene rings is 1. The number of hydrogen-bond donors (Lipinski definition) is 1. The largest absolute Gasteiger partial charge is 0.508 e. The van der Waals surface area contributed by atoms with E-state index in [0.29, 0.717) is 12.1 Å². The lowest BCUT2D eigenvalue weighted by Crippen LogP contribution is -2.31. The molecule has 0 aliphatic heterocycles. The Balaban J connectivity index is 2.95. The van der Waals surface area contributed by atoms with Crippen molar-refractivity contribution in [2.75, 3.05) is 13.1 Å². The SMILES string of the molecule is CCN(CC#N)C(=O)c1ccc(C)c(O)c1. The number of rotatable bonds is 3. The van der Waals surface area contributed by atoms with Crippen molar-refractivity contribution in [1.82, 2.24) is 4.90 Å². The first-order chi connectivity index (χ1) is 7.60. The van der Waals surface area contributed by atoms with Crippen LogP contribution in [-0.2, 0) is 0 Å². The van der Waals surface area contributed by atoms with Gasteiger partial charge in [0.2, 0.25) is 0 Å². The molecule has 0 radical (unpaired) electrons. The molecule has 1 amide bonds. The molecule has 0 saturated carbocycles. The van der Waals surface area contributed by atoms with E-state index in [9.17, 15) is 9.90 Å². The number of aryl methyl sites for hydroxylation is 1. The van der Waals surface area contributed by atoms with Crippen molar-refractivity contribution in [2.45, 2.75) is 13.8 Å². The summed E-state index contributed by atoms with van der Waals surface area (Å²) < 4.78 is 0. The number of aromatic hydroxyl groups is 1. The average Bonchev–Trinajstić information content (AvgIpc) is 2.28. The van der Waals surface area contributed by atoms with Gasteiger partial charge in [-0.05, 0) is 31.5 Å². The lowest BCUT2D eigenvalue weighted by Gasteiger charge is -2.17. The highest BCUT2D eigenvalue weighted by Crippen LogP contribution is 2.18. The van der Waals surface area contributed by atoms with Crippen LogP contribution in [0.4, 0.5) is 0 Å². The highest BCUT2D eigenvalue weighted by molar-refractivity contribution is 5.94. The fraction of sp³-hybridized carbons (Fsp3) is 0.333. The summed E-state index contributed by atoms with van der Waals surface area (Å²) in [6.07, 6.45) is 0. The van der Waals surface area contributed by atoms with Gasteiger partial charge in [-0.2, -0.15) is 5.26 Å². The summed E-state index contributed by atoms with van der Waals surface area (Å²) in [4.78, 5) is 13.3. The van der Waals surface area contributed by atoms with E-state index in [1.165, 1.54) is 11.0 Å². The van der Waals surface area contributed by atoms with Crippen LogP contribution in [0.5, 0.6) is 5.75 Å². The Morgan fingerprint density at radius 1 is 1.56 bits per heavy atom. The minimum atomic E-state index is -0.237. The molecule has 0 aliphatic rings. The number of amides is 1. The van der Waals surface area contributed by atoms with Gasteiger partial charge in [0.25, 0.3) is 5.91 Å². The number of hydrogen-bond acceptors (Lipinski definition) is 3. The summed E-state index contributed by atoms with van der Waals surface area (Å²) in [6.45, 7) is 4.10. The van der Waals surface area contributed by atoms with E-state index >= 15 is 0 Å². The molecule has 4 nitrogen and oxygen atoms in total. The number of carbonyl (C=O) groups is 1. The Morgan fingerprint density at radius 2 is 2.25 bits per heavy atom. The van der Waals surface area contributed by atoms with Crippen molar-refractivity contribution in [3.05, 3.63) is 29.3 Å². The lowest BCUT2D eigenvalue weighted by atomic mass is 10.1. The summed E-state index contributed by atoms with van der Waals surface area (Å²) in [7, 11) is 0. The molecule has 0 bridgehead atoms. The average molecular weight is 218 g/mol. The van der Waals surface area contributed by atoms with Crippen LogP contribution < -0.4 is 0 Å². The summed E-state index contributed by atoms with van der Waals surface area (Å²) in [5, 5.41) is 18.1. The summed E-state index contributed by atoms with van der Waals surface area (Å²) in [5.41, 5.74) is 1.13. The number of nitriles is 1. The minimum absolute atomic E-state index is 0.0595. The van der Waals surface area contributed by atoms with E-state index in [-0.39, 0.29) is 18.2 Å². The molecule has 1 N–H and O–H groups in total. The second-order valence-corrected chi connectivity index (χ2v) is 3.48. The zero-order chi connectivity index (χ0) is 12.1. The smallest absolute Gasteiger partial charge is 0.254 e. The van der Waals surface area contributed by atoms with Crippen molar-refractivity contribution < 1.29 is 9.90 Å². The Kier molecular flexibility index (Phi) is 3.90.